The highest BCUT2D eigenvalue weighted by Crippen LogP contribution is 2.26. The van der Waals surface area contributed by atoms with Gasteiger partial charge in [-0.05, 0) is 25.1 Å². The predicted octanol–water partition coefficient (Wildman–Crippen LogP) is 3.74. The highest BCUT2D eigenvalue weighted by atomic mass is 32.2. The lowest BCUT2D eigenvalue weighted by atomic mass is 10.1. The van der Waals surface area contributed by atoms with E-state index in [0.29, 0.717) is 20.7 Å². The molecule has 1 aromatic heterocycles. The third-order valence-corrected chi connectivity index (χ3v) is 5.55. The Kier molecular flexibility index (Phi) is 6.52. The average Bonchev–Trinajstić information content (AvgIpc) is 3.14. The van der Waals surface area contributed by atoms with Crippen LogP contribution in [-0.2, 0) is 4.79 Å². The molecule has 3 rings (SSSR count). The Hall–Kier alpha value is -3.31. The molecule has 0 saturated carbocycles. The molecule has 3 aromatic rings. The maximum atomic E-state index is 12.2. The van der Waals surface area contributed by atoms with Crippen LogP contribution < -0.4 is 10.6 Å². The number of non-ortho nitro benzene ring substituents is 1. The van der Waals surface area contributed by atoms with Gasteiger partial charge in [0.1, 0.15) is 0 Å². The van der Waals surface area contributed by atoms with Crippen molar-refractivity contribution in [3.8, 4) is 0 Å². The smallest absolute Gasteiger partial charge is 0.271 e. The number of hydrogen-bond acceptors (Lipinski definition) is 8. The molecule has 0 atom stereocenters. The van der Waals surface area contributed by atoms with Gasteiger partial charge in [0.25, 0.3) is 11.6 Å². The van der Waals surface area contributed by atoms with Crippen LogP contribution >= 0.6 is 23.1 Å². The van der Waals surface area contributed by atoms with Crippen molar-refractivity contribution in [1.29, 1.82) is 0 Å². The molecule has 2 amide bonds. The first-order valence-corrected chi connectivity index (χ1v) is 10.1. The van der Waals surface area contributed by atoms with Crippen molar-refractivity contribution in [3.63, 3.8) is 0 Å². The van der Waals surface area contributed by atoms with Gasteiger partial charge in [0.15, 0.2) is 4.34 Å². The zero-order chi connectivity index (χ0) is 20.8. The van der Waals surface area contributed by atoms with Gasteiger partial charge in [0.05, 0.1) is 10.7 Å². The standard InChI is InChI=1S/C18H15N5O4S2/c1-11-4-2-5-12(8-11)16(25)20-17-21-22-18(29-17)28-10-15(24)19-13-6-3-7-14(9-13)23(26)27/h2-9H,10H2,1H3,(H,19,24)(H,20,21,25). The van der Waals surface area contributed by atoms with Crippen LogP contribution in [0.15, 0.2) is 52.9 Å². The number of rotatable bonds is 7. The molecule has 0 aliphatic carbocycles. The highest BCUT2D eigenvalue weighted by molar-refractivity contribution is 8.01. The van der Waals surface area contributed by atoms with Crippen LogP contribution in [0, 0.1) is 17.0 Å². The van der Waals surface area contributed by atoms with Crippen LogP contribution in [0.1, 0.15) is 15.9 Å². The van der Waals surface area contributed by atoms with E-state index in [9.17, 15) is 19.7 Å². The Labute approximate surface area is 173 Å². The van der Waals surface area contributed by atoms with Crippen LogP contribution in [0.25, 0.3) is 0 Å². The quantitative estimate of drug-likeness (QED) is 0.253. The van der Waals surface area contributed by atoms with Crippen molar-refractivity contribution in [2.75, 3.05) is 16.4 Å². The highest BCUT2D eigenvalue weighted by Gasteiger charge is 2.13. The summed E-state index contributed by atoms with van der Waals surface area (Å²) in [6.45, 7) is 1.90. The van der Waals surface area contributed by atoms with E-state index in [1.807, 2.05) is 13.0 Å². The topological polar surface area (TPSA) is 127 Å². The van der Waals surface area contributed by atoms with Crippen LogP contribution in [0.3, 0.4) is 0 Å². The van der Waals surface area contributed by atoms with Crippen LogP contribution in [0.4, 0.5) is 16.5 Å². The second-order valence-electron chi connectivity index (χ2n) is 5.84. The zero-order valence-corrected chi connectivity index (χ0v) is 16.8. The lowest BCUT2D eigenvalue weighted by Crippen LogP contribution is -2.14. The van der Waals surface area contributed by atoms with E-state index in [-0.39, 0.29) is 23.3 Å². The molecule has 0 saturated heterocycles. The fourth-order valence-corrected chi connectivity index (χ4v) is 3.84. The summed E-state index contributed by atoms with van der Waals surface area (Å²) in [6.07, 6.45) is 0. The third kappa shape index (κ3) is 5.83. The summed E-state index contributed by atoms with van der Waals surface area (Å²) in [5.74, 6) is -0.579. The molecule has 2 aromatic carbocycles. The number of carbonyl (C=O) groups is 2. The number of nitrogens with one attached hydrogen (secondary N) is 2. The Morgan fingerprint density at radius 2 is 1.93 bits per heavy atom. The molecule has 0 unspecified atom stereocenters. The third-order valence-electron chi connectivity index (χ3n) is 3.57. The molecule has 0 spiro atoms. The molecular weight excluding hydrogens is 414 g/mol. The van der Waals surface area contributed by atoms with Gasteiger partial charge in [-0.3, -0.25) is 25.0 Å². The minimum atomic E-state index is -0.530. The first-order valence-electron chi connectivity index (χ1n) is 8.29. The molecule has 0 aliphatic heterocycles. The summed E-state index contributed by atoms with van der Waals surface area (Å²) in [6, 6.07) is 12.9. The predicted molar refractivity (Wildman–Crippen MR) is 111 cm³/mol. The van der Waals surface area contributed by atoms with E-state index >= 15 is 0 Å². The summed E-state index contributed by atoms with van der Waals surface area (Å²) in [7, 11) is 0. The molecule has 29 heavy (non-hydrogen) atoms. The summed E-state index contributed by atoms with van der Waals surface area (Å²) in [4.78, 5) is 34.5. The normalized spacial score (nSPS) is 10.4. The number of hydrogen-bond donors (Lipinski definition) is 2. The second-order valence-corrected chi connectivity index (χ2v) is 8.04. The average molecular weight is 429 g/mol. The van der Waals surface area contributed by atoms with Gasteiger partial charge in [-0.2, -0.15) is 0 Å². The number of nitro benzene ring substituents is 1. The molecular formula is C18H15N5O4S2. The summed E-state index contributed by atoms with van der Waals surface area (Å²) < 4.78 is 0.513. The second kappa shape index (κ2) is 9.26. The molecule has 0 fully saturated rings. The number of benzene rings is 2. The largest absolute Gasteiger partial charge is 0.325 e. The lowest BCUT2D eigenvalue weighted by molar-refractivity contribution is -0.384. The van der Waals surface area contributed by atoms with E-state index in [1.165, 1.54) is 18.2 Å². The fraction of sp³-hybridized carbons (Fsp3) is 0.111. The number of nitro groups is 1. The molecule has 2 N–H and O–H groups in total. The summed E-state index contributed by atoms with van der Waals surface area (Å²) in [5, 5.41) is 24.2. The molecule has 148 valence electrons. The van der Waals surface area contributed by atoms with Crippen molar-refractivity contribution in [1.82, 2.24) is 10.2 Å². The van der Waals surface area contributed by atoms with Gasteiger partial charge in [-0.15, -0.1) is 10.2 Å². The summed E-state index contributed by atoms with van der Waals surface area (Å²) in [5.41, 5.74) is 1.73. The SMILES string of the molecule is Cc1cccc(C(=O)Nc2nnc(SCC(=O)Nc3cccc([N+](=O)[O-])c3)s2)c1. The maximum absolute atomic E-state index is 12.2. The van der Waals surface area contributed by atoms with Gasteiger partial charge in [0, 0.05) is 23.4 Å². The van der Waals surface area contributed by atoms with E-state index in [1.54, 1.807) is 24.3 Å². The molecule has 0 radical (unpaired) electrons. The van der Waals surface area contributed by atoms with Crippen molar-refractivity contribution >= 4 is 51.4 Å². The van der Waals surface area contributed by atoms with Crippen molar-refractivity contribution < 1.29 is 14.5 Å². The first kappa shape index (κ1) is 20.4. The summed E-state index contributed by atoms with van der Waals surface area (Å²) >= 11 is 2.31. The van der Waals surface area contributed by atoms with Crippen molar-refractivity contribution in [3.05, 3.63) is 69.8 Å². The van der Waals surface area contributed by atoms with Crippen molar-refractivity contribution in [2.24, 2.45) is 0 Å². The van der Waals surface area contributed by atoms with E-state index in [4.69, 9.17) is 0 Å². The monoisotopic (exact) mass is 429 g/mol. The molecule has 9 nitrogen and oxygen atoms in total. The number of nitrogens with zero attached hydrogens (tertiary/aromatic N) is 3. The number of aromatic nitrogens is 2. The first-order chi connectivity index (χ1) is 13.9. The van der Waals surface area contributed by atoms with Crippen LogP contribution in [0.5, 0.6) is 0 Å². The molecule has 0 aliphatic rings. The number of thioether (sulfide) groups is 1. The Morgan fingerprint density at radius 3 is 2.69 bits per heavy atom. The Balaban J connectivity index is 1.52. The van der Waals surface area contributed by atoms with Gasteiger partial charge in [0.2, 0.25) is 11.0 Å². The van der Waals surface area contributed by atoms with E-state index in [0.717, 1.165) is 28.7 Å². The Bertz CT molecular complexity index is 1070. The van der Waals surface area contributed by atoms with Crippen LogP contribution in [0.2, 0.25) is 0 Å². The van der Waals surface area contributed by atoms with Gasteiger partial charge in [-0.1, -0.05) is 46.9 Å². The van der Waals surface area contributed by atoms with Gasteiger partial charge < -0.3 is 5.32 Å². The number of carbonyl (C=O) groups excluding carboxylic acids is 2. The lowest BCUT2D eigenvalue weighted by Gasteiger charge is -2.03. The number of aryl methyl sites for hydroxylation is 1. The fourth-order valence-electron chi connectivity index (χ4n) is 2.30. The zero-order valence-electron chi connectivity index (χ0n) is 15.1. The van der Waals surface area contributed by atoms with E-state index < -0.39 is 4.92 Å². The molecule has 0 bridgehead atoms. The minimum absolute atomic E-state index is 0.0448. The number of anilines is 2. The van der Waals surface area contributed by atoms with Gasteiger partial charge >= 0.3 is 0 Å². The number of amides is 2. The maximum Gasteiger partial charge on any atom is 0.271 e. The molecule has 1 heterocycles. The van der Waals surface area contributed by atoms with E-state index in [2.05, 4.69) is 20.8 Å². The van der Waals surface area contributed by atoms with Gasteiger partial charge in [-0.25, -0.2) is 0 Å². The Morgan fingerprint density at radius 1 is 1.14 bits per heavy atom. The van der Waals surface area contributed by atoms with Crippen LogP contribution in [-0.4, -0.2) is 32.7 Å². The minimum Gasteiger partial charge on any atom is -0.325 e. The van der Waals surface area contributed by atoms with Crippen molar-refractivity contribution in [2.45, 2.75) is 11.3 Å². The molecule has 11 heteroatoms.